The highest BCUT2D eigenvalue weighted by molar-refractivity contribution is 6.99. The second-order valence-electron chi connectivity index (χ2n) is 13.6. The Kier molecular flexibility index (Phi) is 14.8. The maximum Gasteiger partial charge on any atom is 0.407 e. The number of carbonyl (C=O) groups is 1. The van der Waals surface area contributed by atoms with E-state index in [2.05, 4.69) is 111 Å². The molecule has 8 nitrogen and oxygen atoms in total. The number of hydrogen-bond donors (Lipinski definition) is 1. The van der Waals surface area contributed by atoms with E-state index in [9.17, 15) is 4.79 Å². The van der Waals surface area contributed by atoms with Gasteiger partial charge in [0.05, 0.1) is 52.9 Å². The first-order valence-corrected chi connectivity index (χ1v) is 20.0. The predicted octanol–water partition coefficient (Wildman–Crippen LogP) is 6.56. The summed E-state index contributed by atoms with van der Waals surface area (Å²) in [6.07, 6.45) is 0.283. The zero-order valence-corrected chi connectivity index (χ0v) is 31.3. The van der Waals surface area contributed by atoms with Crippen molar-refractivity contribution in [2.24, 2.45) is 0 Å². The SMILES string of the molecule is CC(C)(C)[Si](OCCOCCOCCOCCOCCCNC(=O)OCC1c2ccccc2-c2ccccc21)(c1ccccc1)c1ccccc1. The zero-order valence-electron chi connectivity index (χ0n) is 30.3. The Bertz CT molecular complexity index is 1530. The van der Waals surface area contributed by atoms with Crippen LogP contribution in [0.3, 0.4) is 0 Å². The number of carbonyl (C=O) groups excluding carboxylic acids is 1. The van der Waals surface area contributed by atoms with Crippen molar-refractivity contribution in [1.82, 2.24) is 5.32 Å². The number of alkyl carbamates (subject to hydrolysis) is 1. The number of benzene rings is 4. The van der Waals surface area contributed by atoms with E-state index in [1.165, 1.54) is 32.6 Å². The lowest BCUT2D eigenvalue weighted by Gasteiger charge is -2.43. The smallest absolute Gasteiger partial charge is 0.407 e. The van der Waals surface area contributed by atoms with Crippen LogP contribution in [0.15, 0.2) is 109 Å². The summed E-state index contributed by atoms with van der Waals surface area (Å²) in [5.41, 5.74) is 4.83. The molecule has 0 bridgehead atoms. The molecule has 0 fully saturated rings. The van der Waals surface area contributed by atoms with Crippen molar-refractivity contribution in [1.29, 1.82) is 0 Å². The van der Waals surface area contributed by atoms with Gasteiger partial charge in [-0.1, -0.05) is 130 Å². The van der Waals surface area contributed by atoms with E-state index in [1.54, 1.807) is 0 Å². The second kappa shape index (κ2) is 19.7. The average molecular weight is 712 g/mol. The minimum absolute atomic E-state index is 0.0531. The van der Waals surface area contributed by atoms with Gasteiger partial charge in [-0.25, -0.2) is 4.79 Å². The molecule has 0 spiro atoms. The van der Waals surface area contributed by atoms with Gasteiger partial charge in [0.2, 0.25) is 0 Å². The van der Waals surface area contributed by atoms with Crippen molar-refractivity contribution < 1.29 is 32.9 Å². The highest BCUT2D eigenvalue weighted by Gasteiger charge is 2.50. The van der Waals surface area contributed by atoms with Gasteiger partial charge in [-0.3, -0.25) is 0 Å². The summed E-state index contributed by atoms with van der Waals surface area (Å²) >= 11 is 0. The summed E-state index contributed by atoms with van der Waals surface area (Å²) in [4.78, 5) is 12.3. The Morgan fingerprint density at radius 3 is 1.51 bits per heavy atom. The van der Waals surface area contributed by atoms with Crippen LogP contribution in [0.1, 0.15) is 44.2 Å². The zero-order chi connectivity index (χ0) is 35.8. The molecule has 0 aliphatic heterocycles. The lowest BCUT2D eigenvalue weighted by molar-refractivity contribution is -0.00503. The molecule has 0 atom stereocenters. The van der Waals surface area contributed by atoms with Crippen molar-refractivity contribution in [3.63, 3.8) is 0 Å². The Balaban J connectivity index is 0.854. The van der Waals surface area contributed by atoms with Gasteiger partial charge in [-0.15, -0.1) is 0 Å². The minimum Gasteiger partial charge on any atom is -0.449 e. The Morgan fingerprint density at radius 2 is 1.02 bits per heavy atom. The minimum atomic E-state index is -2.55. The molecule has 0 saturated carbocycles. The van der Waals surface area contributed by atoms with Crippen molar-refractivity contribution in [2.75, 3.05) is 72.6 Å². The third kappa shape index (κ3) is 10.4. The second-order valence-corrected chi connectivity index (χ2v) is 17.9. The molecule has 272 valence electrons. The number of rotatable bonds is 21. The molecular weight excluding hydrogens is 659 g/mol. The first-order chi connectivity index (χ1) is 24.9. The highest BCUT2D eigenvalue weighted by atomic mass is 28.4. The number of hydrogen-bond acceptors (Lipinski definition) is 7. The van der Waals surface area contributed by atoms with Crippen molar-refractivity contribution in [3.05, 3.63) is 120 Å². The fourth-order valence-electron chi connectivity index (χ4n) is 6.79. The van der Waals surface area contributed by atoms with E-state index in [0.717, 1.165) is 0 Å². The topological polar surface area (TPSA) is 84.5 Å². The molecule has 51 heavy (non-hydrogen) atoms. The average Bonchev–Trinajstić information content (AvgIpc) is 3.47. The van der Waals surface area contributed by atoms with Gasteiger partial charge in [-0.05, 0) is 44.1 Å². The Morgan fingerprint density at radius 1 is 0.588 bits per heavy atom. The molecule has 4 aromatic carbocycles. The van der Waals surface area contributed by atoms with E-state index >= 15 is 0 Å². The number of amides is 1. The molecule has 1 aliphatic rings. The molecule has 0 radical (unpaired) electrons. The maximum absolute atomic E-state index is 12.3. The van der Waals surface area contributed by atoms with Crippen LogP contribution in [0, 0.1) is 0 Å². The van der Waals surface area contributed by atoms with Crippen LogP contribution in [-0.2, 0) is 28.1 Å². The summed E-state index contributed by atoms with van der Waals surface area (Å²) < 4.78 is 35.2. The lowest BCUT2D eigenvalue weighted by atomic mass is 9.98. The van der Waals surface area contributed by atoms with Gasteiger partial charge in [0, 0.05) is 19.1 Å². The van der Waals surface area contributed by atoms with Gasteiger partial charge in [0.25, 0.3) is 8.32 Å². The molecule has 9 heteroatoms. The molecule has 5 rings (SSSR count). The van der Waals surface area contributed by atoms with E-state index < -0.39 is 14.4 Å². The van der Waals surface area contributed by atoms with Crippen molar-refractivity contribution >= 4 is 24.8 Å². The summed E-state index contributed by atoms with van der Waals surface area (Å²) in [6, 6.07) is 37.9. The molecule has 0 unspecified atom stereocenters. The Labute approximate surface area is 304 Å². The third-order valence-corrected chi connectivity index (χ3v) is 14.2. The van der Waals surface area contributed by atoms with Crippen LogP contribution < -0.4 is 15.7 Å². The van der Waals surface area contributed by atoms with E-state index in [-0.39, 0.29) is 11.0 Å². The largest absolute Gasteiger partial charge is 0.449 e. The van der Waals surface area contributed by atoms with Gasteiger partial charge >= 0.3 is 6.09 Å². The quantitative estimate of drug-likeness (QED) is 0.0775. The molecule has 4 aromatic rings. The lowest BCUT2D eigenvalue weighted by Crippen LogP contribution is -2.66. The molecule has 1 N–H and O–H groups in total. The van der Waals surface area contributed by atoms with Gasteiger partial charge in [0.1, 0.15) is 6.61 Å². The fraction of sp³-hybridized carbons (Fsp3) is 0.405. The molecule has 0 heterocycles. The summed E-state index contributed by atoms with van der Waals surface area (Å²) in [5.74, 6) is 0.0531. The van der Waals surface area contributed by atoms with Gasteiger partial charge in [0.15, 0.2) is 0 Å². The first-order valence-electron chi connectivity index (χ1n) is 18.1. The predicted molar refractivity (Wildman–Crippen MR) is 205 cm³/mol. The van der Waals surface area contributed by atoms with Crippen LogP contribution in [0.2, 0.25) is 5.04 Å². The molecule has 0 saturated heterocycles. The number of ether oxygens (including phenoxy) is 5. The molecule has 0 aromatic heterocycles. The monoisotopic (exact) mass is 711 g/mol. The molecule has 1 amide bonds. The van der Waals surface area contributed by atoms with E-state index in [0.29, 0.717) is 79.0 Å². The van der Waals surface area contributed by atoms with Crippen LogP contribution in [0.5, 0.6) is 0 Å². The first kappa shape index (κ1) is 38.4. The van der Waals surface area contributed by atoms with Crippen LogP contribution >= 0.6 is 0 Å². The number of fused-ring (bicyclic) bond motifs is 3. The fourth-order valence-corrected chi connectivity index (χ4v) is 11.3. The third-order valence-electron chi connectivity index (χ3n) is 9.16. The molecular formula is C42H53NO7Si. The molecule has 1 aliphatic carbocycles. The normalized spacial score (nSPS) is 12.8. The number of nitrogens with one attached hydrogen (secondary N) is 1. The van der Waals surface area contributed by atoms with Gasteiger partial charge < -0.3 is 33.4 Å². The van der Waals surface area contributed by atoms with Crippen LogP contribution in [0.4, 0.5) is 4.79 Å². The highest BCUT2D eigenvalue weighted by Crippen LogP contribution is 2.44. The Hall–Kier alpha value is -3.83. The van der Waals surface area contributed by atoms with Crippen LogP contribution in [0.25, 0.3) is 11.1 Å². The summed E-state index contributed by atoms with van der Waals surface area (Å²) in [6.45, 7) is 12.1. The van der Waals surface area contributed by atoms with E-state index in [1.807, 2.05) is 24.3 Å². The van der Waals surface area contributed by atoms with Crippen molar-refractivity contribution in [2.45, 2.75) is 38.1 Å². The summed E-state index contributed by atoms with van der Waals surface area (Å²) in [7, 11) is -2.55. The van der Waals surface area contributed by atoms with Crippen LogP contribution in [-0.4, -0.2) is 87.0 Å². The van der Waals surface area contributed by atoms with E-state index in [4.69, 9.17) is 28.1 Å². The maximum atomic E-state index is 12.3. The standard InChI is InChI=1S/C42H53NO7Si/c1-42(2,3)51(34-15-6-4-7-16-34,35-17-8-5-9-18-35)50-32-31-48-30-29-47-28-27-46-26-25-45-24-14-23-43-41(44)49-33-40-38-21-12-10-19-36(38)37-20-11-13-22-39(37)40/h4-13,15-22,40H,14,23-33H2,1-3H3,(H,43,44). The van der Waals surface area contributed by atoms with Crippen molar-refractivity contribution in [3.8, 4) is 11.1 Å². The summed E-state index contributed by atoms with van der Waals surface area (Å²) in [5, 5.41) is 5.29. The van der Waals surface area contributed by atoms with Gasteiger partial charge in [-0.2, -0.15) is 0 Å².